The summed E-state index contributed by atoms with van der Waals surface area (Å²) in [6.07, 6.45) is 0.810. The molecular weight excluding hydrogens is 291 g/mol. The van der Waals surface area contributed by atoms with E-state index in [2.05, 4.69) is 15.9 Å². The van der Waals surface area contributed by atoms with Gasteiger partial charge in [0.25, 0.3) is 0 Å². The molecule has 0 spiro atoms. The van der Waals surface area contributed by atoms with Crippen LogP contribution in [0.1, 0.15) is 10.4 Å². The monoisotopic (exact) mass is 296 g/mol. The Bertz CT molecular complexity index is 524. The van der Waals surface area contributed by atoms with E-state index in [1.54, 1.807) is 0 Å². The Morgan fingerprint density at radius 3 is 2.40 bits per heavy atom. The zero-order valence-corrected chi connectivity index (χ0v) is 9.89. The fourth-order valence-electron chi connectivity index (χ4n) is 0.977. The van der Waals surface area contributed by atoms with Crippen LogP contribution in [-0.2, 0) is 9.84 Å². The molecule has 15 heavy (non-hydrogen) atoms. The number of hydrogen-bond acceptors (Lipinski definition) is 3. The average Bonchev–Trinajstić information content (AvgIpc) is 2.00. The summed E-state index contributed by atoms with van der Waals surface area (Å²) in [4.78, 5) is 10.0. The van der Waals surface area contributed by atoms with Gasteiger partial charge in [-0.25, -0.2) is 17.6 Å². The Hall–Kier alpha value is -0.950. The van der Waals surface area contributed by atoms with Crippen LogP contribution in [0.3, 0.4) is 0 Å². The van der Waals surface area contributed by atoms with Crippen molar-refractivity contribution in [2.75, 3.05) is 6.26 Å². The first-order valence-electron chi connectivity index (χ1n) is 3.66. The lowest BCUT2D eigenvalue weighted by molar-refractivity contribution is 0.0695. The molecule has 0 atom stereocenters. The molecule has 0 radical (unpaired) electrons. The van der Waals surface area contributed by atoms with E-state index in [1.807, 2.05) is 0 Å². The lowest BCUT2D eigenvalue weighted by atomic mass is 10.2. The highest BCUT2D eigenvalue weighted by molar-refractivity contribution is 9.10. The number of benzene rings is 1. The lowest BCUT2D eigenvalue weighted by Crippen LogP contribution is -2.05. The molecule has 1 rings (SSSR count). The maximum absolute atomic E-state index is 13.2. The van der Waals surface area contributed by atoms with Gasteiger partial charge in [-0.3, -0.25) is 0 Å². The van der Waals surface area contributed by atoms with Crippen molar-refractivity contribution in [2.24, 2.45) is 0 Å². The van der Waals surface area contributed by atoms with E-state index in [0.29, 0.717) is 0 Å². The van der Waals surface area contributed by atoms with Crippen LogP contribution in [0.5, 0.6) is 0 Å². The lowest BCUT2D eigenvalue weighted by Gasteiger charge is -2.04. The van der Waals surface area contributed by atoms with Gasteiger partial charge in [0.2, 0.25) is 0 Å². The predicted molar refractivity (Wildman–Crippen MR) is 54.2 cm³/mol. The Morgan fingerprint density at radius 2 is 2.00 bits per heavy atom. The maximum Gasteiger partial charge on any atom is 0.336 e. The summed E-state index contributed by atoms with van der Waals surface area (Å²) >= 11 is 2.83. The average molecular weight is 297 g/mol. The molecular formula is C8H6BrFO4S. The van der Waals surface area contributed by atoms with Crippen molar-refractivity contribution in [3.05, 3.63) is 28.0 Å². The third-order valence-electron chi connectivity index (χ3n) is 1.65. The highest BCUT2D eigenvalue weighted by atomic mass is 79.9. The third-order valence-corrected chi connectivity index (χ3v) is 3.42. The first-order valence-corrected chi connectivity index (χ1v) is 6.34. The topological polar surface area (TPSA) is 71.4 Å². The Kier molecular flexibility index (Phi) is 3.15. The number of aromatic carboxylic acids is 1. The van der Waals surface area contributed by atoms with Crippen LogP contribution in [0, 0.1) is 5.82 Å². The molecule has 0 aliphatic heterocycles. The molecule has 82 valence electrons. The smallest absolute Gasteiger partial charge is 0.336 e. The molecule has 7 heteroatoms. The number of carbonyl (C=O) groups is 1. The second kappa shape index (κ2) is 3.90. The first-order chi connectivity index (χ1) is 6.73. The van der Waals surface area contributed by atoms with E-state index in [1.165, 1.54) is 0 Å². The van der Waals surface area contributed by atoms with Crippen LogP contribution in [0.25, 0.3) is 0 Å². The van der Waals surface area contributed by atoms with Crippen molar-refractivity contribution in [3.63, 3.8) is 0 Å². The number of hydrogen-bond donors (Lipinski definition) is 1. The number of carboxylic acid groups (broad SMARTS) is 1. The standard InChI is InChI=1S/C8H6BrFO4S/c1-15(13,14)7-2-4(8(11)12)5(9)3-6(7)10/h2-3H,1H3,(H,11,12). The summed E-state index contributed by atoms with van der Waals surface area (Å²) in [5, 5.41) is 8.70. The second-order valence-electron chi connectivity index (χ2n) is 2.84. The Labute approximate surface area is 93.8 Å². The predicted octanol–water partition coefficient (Wildman–Crippen LogP) is 1.69. The van der Waals surface area contributed by atoms with Gasteiger partial charge in [0.15, 0.2) is 9.84 Å². The first kappa shape index (κ1) is 12.1. The van der Waals surface area contributed by atoms with Crippen molar-refractivity contribution in [3.8, 4) is 0 Å². The van der Waals surface area contributed by atoms with E-state index in [9.17, 15) is 17.6 Å². The summed E-state index contributed by atoms with van der Waals surface area (Å²) in [6.45, 7) is 0. The Balaban J connectivity index is 3.58. The van der Waals surface area contributed by atoms with Crippen LogP contribution in [0.15, 0.2) is 21.5 Å². The molecule has 0 aromatic heterocycles. The van der Waals surface area contributed by atoms with Gasteiger partial charge in [0.05, 0.1) is 5.56 Å². The molecule has 0 aliphatic rings. The van der Waals surface area contributed by atoms with Crippen LogP contribution < -0.4 is 0 Å². The zero-order chi connectivity index (χ0) is 11.8. The van der Waals surface area contributed by atoms with Crippen molar-refractivity contribution in [1.29, 1.82) is 0 Å². The molecule has 0 amide bonds. The van der Waals surface area contributed by atoms with Gasteiger partial charge >= 0.3 is 5.97 Å². The van der Waals surface area contributed by atoms with Crippen LogP contribution in [-0.4, -0.2) is 25.7 Å². The summed E-state index contributed by atoms with van der Waals surface area (Å²) in [6, 6.07) is 1.61. The van der Waals surface area contributed by atoms with Gasteiger partial charge in [-0.2, -0.15) is 0 Å². The highest BCUT2D eigenvalue weighted by Gasteiger charge is 2.19. The molecule has 1 N–H and O–H groups in total. The van der Waals surface area contributed by atoms with Crippen LogP contribution in [0.2, 0.25) is 0 Å². The molecule has 0 saturated heterocycles. The minimum absolute atomic E-state index is 0.0000926. The molecule has 4 nitrogen and oxygen atoms in total. The maximum atomic E-state index is 13.2. The van der Waals surface area contributed by atoms with Gasteiger partial charge in [0.1, 0.15) is 10.7 Å². The van der Waals surface area contributed by atoms with Gasteiger partial charge in [-0.15, -0.1) is 0 Å². The van der Waals surface area contributed by atoms with E-state index < -0.39 is 26.5 Å². The van der Waals surface area contributed by atoms with Crippen molar-refractivity contribution in [1.82, 2.24) is 0 Å². The summed E-state index contributed by atoms with van der Waals surface area (Å²) in [7, 11) is -3.77. The van der Waals surface area contributed by atoms with Gasteiger partial charge in [-0.1, -0.05) is 0 Å². The molecule has 0 fully saturated rings. The largest absolute Gasteiger partial charge is 0.478 e. The van der Waals surface area contributed by atoms with E-state index in [-0.39, 0.29) is 10.0 Å². The molecule has 0 aliphatic carbocycles. The van der Waals surface area contributed by atoms with Gasteiger partial charge in [-0.05, 0) is 28.1 Å². The Morgan fingerprint density at radius 1 is 1.47 bits per heavy atom. The summed E-state index contributed by atoms with van der Waals surface area (Å²) in [5.41, 5.74) is -0.295. The van der Waals surface area contributed by atoms with Crippen LogP contribution >= 0.6 is 15.9 Å². The fourth-order valence-corrected chi connectivity index (χ4v) is 2.21. The molecule has 0 heterocycles. The summed E-state index contributed by atoms with van der Waals surface area (Å²) in [5.74, 6) is -2.30. The second-order valence-corrected chi connectivity index (χ2v) is 5.68. The molecule has 1 aromatic rings. The SMILES string of the molecule is CS(=O)(=O)c1cc(C(=O)O)c(Br)cc1F. The fraction of sp³-hybridized carbons (Fsp3) is 0.125. The zero-order valence-electron chi connectivity index (χ0n) is 7.49. The number of sulfone groups is 1. The molecule has 1 aromatic carbocycles. The van der Waals surface area contributed by atoms with Crippen LogP contribution in [0.4, 0.5) is 4.39 Å². The van der Waals surface area contributed by atoms with Gasteiger partial charge in [0, 0.05) is 10.7 Å². The van der Waals surface area contributed by atoms with E-state index >= 15 is 0 Å². The molecule has 0 saturated carbocycles. The normalized spacial score (nSPS) is 11.4. The summed E-state index contributed by atoms with van der Waals surface area (Å²) < 4.78 is 35.4. The minimum Gasteiger partial charge on any atom is -0.478 e. The number of halogens is 2. The highest BCUT2D eigenvalue weighted by Crippen LogP contribution is 2.24. The van der Waals surface area contributed by atoms with Crippen molar-refractivity contribution >= 4 is 31.7 Å². The van der Waals surface area contributed by atoms with E-state index in [4.69, 9.17) is 5.11 Å². The van der Waals surface area contributed by atoms with E-state index in [0.717, 1.165) is 18.4 Å². The third kappa shape index (κ3) is 2.54. The minimum atomic E-state index is -3.77. The van der Waals surface area contributed by atoms with Gasteiger partial charge < -0.3 is 5.11 Å². The quantitative estimate of drug-likeness (QED) is 0.901. The number of rotatable bonds is 2. The number of carboxylic acids is 1. The van der Waals surface area contributed by atoms with Crippen molar-refractivity contribution in [2.45, 2.75) is 4.90 Å². The van der Waals surface area contributed by atoms with Crippen molar-refractivity contribution < 1.29 is 22.7 Å². The molecule has 0 unspecified atom stereocenters. The molecule has 0 bridgehead atoms.